The van der Waals surface area contributed by atoms with Gasteiger partial charge in [-0.25, -0.2) is 4.98 Å². The van der Waals surface area contributed by atoms with Crippen LogP contribution in [0.4, 0.5) is 10.8 Å². The Labute approximate surface area is 153 Å². The van der Waals surface area contributed by atoms with Crippen molar-refractivity contribution in [1.82, 2.24) is 4.98 Å². The summed E-state index contributed by atoms with van der Waals surface area (Å²) in [5.41, 5.74) is 6.04. The third-order valence-corrected chi connectivity index (χ3v) is 4.37. The third kappa shape index (κ3) is 4.39. The summed E-state index contributed by atoms with van der Waals surface area (Å²) in [4.78, 5) is 26.7. The maximum absolute atomic E-state index is 12.3. The number of rotatable bonds is 6. The molecule has 0 saturated heterocycles. The fourth-order valence-electron chi connectivity index (χ4n) is 2.41. The second-order valence-electron chi connectivity index (χ2n) is 5.67. The molecule has 9 heteroatoms. The van der Waals surface area contributed by atoms with Gasteiger partial charge in [-0.05, 0) is 11.6 Å². The second-order valence-corrected chi connectivity index (χ2v) is 6.56. The van der Waals surface area contributed by atoms with Gasteiger partial charge in [0.05, 0.1) is 11.5 Å². The molecule has 3 rings (SSSR count). The number of nitrogens with two attached hydrogens (primary N) is 1. The van der Waals surface area contributed by atoms with Gasteiger partial charge < -0.3 is 4.74 Å². The molecule has 1 unspecified atom stereocenters. The first-order valence-electron chi connectivity index (χ1n) is 7.72. The molecule has 134 valence electrons. The van der Waals surface area contributed by atoms with E-state index < -0.39 is 10.6 Å². The Morgan fingerprint density at radius 1 is 1.50 bits per heavy atom. The predicted molar refractivity (Wildman–Crippen MR) is 97.4 cm³/mol. The molecule has 0 fully saturated rings. The number of carbonyl (C=O) groups is 1. The molecule has 3 N–H and O–H groups in total. The molecule has 1 aliphatic carbocycles. The smallest absolute Gasteiger partial charge is 0.269 e. The van der Waals surface area contributed by atoms with Gasteiger partial charge in [0.25, 0.3) is 11.6 Å². The number of benzene rings is 1. The van der Waals surface area contributed by atoms with Gasteiger partial charge in [-0.1, -0.05) is 24.3 Å². The molecule has 2 aromatic rings. The van der Waals surface area contributed by atoms with E-state index in [4.69, 9.17) is 10.5 Å². The molecule has 26 heavy (non-hydrogen) atoms. The van der Waals surface area contributed by atoms with Crippen LogP contribution in [0, 0.1) is 10.1 Å². The average molecular weight is 372 g/mol. The van der Waals surface area contributed by atoms with Crippen molar-refractivity contribution >= 4 is 28.1 Å². The molecule has 0 radical (unpaired) electrons. The Morgan fingerprint density at radius 2 is 2.35 bits per heavy atom. The number of anilines is 1. The van der Waals surface area contributed by atoms with E-state index in [2.05, 4.69) is 10.3 Å². The minimum absolute atomic E-state index is 0.0141. The first-order valence-corrected chi connectivity index (χ1v) is 8.60. The van der Waals surface area contributed by atoms with Crippen LogP contribution < -0.4 is 11.1 Å². The van der Waals surface area contributed by atoms with Gasteiger partial charge in [-0.2, -0.15) is 0 Å². The quantitative estimate of drug-likeness (QED) is 0.457. The molecule has 0 spiro atoms. The van der Waals surface area contributed by atoms with E-state index in [0.717, 1.165) is 0 Å². The monoisotopic (exact) mass is 372 g/mol. The van der Waals surface area contributed by atoms with Gasteiger partial charge in [0.2, 0.25) is 0 Å². The zero-order valence-corrected chi connectivity index (χ0v) is 14.4. The van der Waals surface area contributed by atoms with E-state index >= 15 is 0 Å². The number of nitro benzene ring substituents is 1. The Morgan fingerprint density at radius 3 is 3.08 bits per heavy atom. The minimum atomic E-state index is -1.17. The lowest BCUT2D eigenvalue weighted by Gasteiger charge is -2.28. The van der Waals surface area contributed by atoms with Crippen molar-refractivity contribution in [3.63, 3.8) is 0 Å². The molecule has 1 aliphatic rings. The van der Waals surface area contributed by atoms with Crippen LogP contribution in [-0.4, -0.2) is 21.5 Å². The summed E-state index contributed by atoms with van der Waals surface area (Å²) in [6.45, 7) is 0.0872. The second kappa shape index (κ2) is 7.56. The standard InChI is InChI=1S/C17H16N4O4S/c18-17(25-11-12-3-1-5-14(9-12)21(23)24)6-2-4-13(10-17)15(22)20-16-19-7-8-26-16/h1-5,7-10H,6,11,18H2,(H,19,20,22). The van der Waals surface area contributed by atoms with Crippen LogP contribution in [0.5, 0.6) is 0 Å². The molecule has 0 saturated carbocycles. The minimum Gasteiger partial charge on any atom is -0.352 e. The number of amides is 1. The highest BCUT2D eigenvalue weighted by Crippen LogP contribution is 2.24. The molecule has 1 atom stereocenters. The van der Waals surface area contributed by atoms with Crippen molar-refractivity contribution in [2.24, 2.45) is 5.73 Å². The van der Waals surface area contributed by atoms with Crippen molar-refractivity contribution in [2.45, 2.75) is 18.8 Å². The van der Waals surface area contributed by atoms with E-state index in [1.165, 1.54) is 23.5 Å². The van der Waals surface area contributed by atoms with Crippen molar-refractivity contribution in [3.8, 4) is 0 Å². The lowest BCUT2D eigenvalue weighted by Crippen LogP contribution is -2.42. The molecule has 1 aromatic carbocycles. The Balaban J connectivity index is 1.68. The summed E-state index contributed by atoms with van der Waals surface area (Å²) in [6.07, 6.45) is 6.96. The van der Waals surface area contributed by atoms with Crippen molar-refractivity contribution in [3.05, 3.63) is 75.3 Å². The first kappa shape index (κ1) is 17.9. The van der Waals surface area contributed by atoms with Gasteiger partial charge in [-0.15, -0.1) is 11.3 Å². The molecule has 1 amide bonds. The van der Waals surface area contributed by atoms with Crippen molar-refractivity contribution < 1.29 is 14.5 Å². The molecule has 1 aromatic heterocycles. The fraction of sp³-hybridized carbons (Fsp3) is 0.176. The van der Waals surface area contributed by atoms with Gasteiger partial charge in [0.15, 0.2) is 5.13 Å². The van der Waals surface area contributed by atoms with Gasteiger partial charge in [-0.3, -0.25) is 26.0 Å². The topological polar surface area (TPSA) is 120 Å². The zero-order valence-electron chi connectivity index (χ0n) is 13.6. The summed E-state index contributed by atoms with van der Waals surface area (Å²) < 4.78 is 5.74. The van der Waals surface area contributed by atoms with Crippen LogP contribution in [-0.2, 0) is 16.1 Å². The fourth-order valence-corrected chi connectivity index (χ4v) is 2.94. The number of nitrogens with zero attached hydrogens (tertiary/aromatic N) is 2. The maximum atomic E-state index is 12.3. The van der Waals surface area contributed by atoms with Crippen LogP contribution in [0.3, 0.4) is 0 Å². The van der Waals surface area contributed by atoms with Crippen LogP contribution in [0.15, 0.2) is 59.6 Å². The van der Waals surface area contributed by atoms with E-state index in [1.54, 1.807) is 41.9 Å². The number of aromatic nitrogens is 1. The van der Waals surface area contributed by atoms with Gasteiger partial charge in [0.1, 0.15) is 5.72 Å². The van der Waals surface area contributed by atoms with E-state index in [9.17, 15) is 14.9 Å². The number of ether oxygens (including phenoxy) is 1. The number of thiazole rings is 1. The summed E-state index contributed by atoms with van der Waals surface area (Å²) in [7, 11) is 0. The van der Waals surface area contributed by atoms with Gasteiger partial charge >= 0.3 is 0 Å². The average Bonchev–Trinajstić information content (AvgIpc) is 3.13. The van der Waals surface area contributed by atoms with Crippen LogP contribution in [0.25, 0.3) is 0 Å². The molecule has 0 bridgehead atoms. The number of nitro groups is 1. The Bertz CT molecular complexity index is 879. The maximum Gasteiger partial charge on any atom is 0.269 e. The summed E-state index contributed by atoms with van der Waals surface area (Å²) in [5, 5.41) is 15.8. The number of non-ortho nitro benzene ring substituents is 1. The SMILES string of the molecule is NC1(OCc2cccc([N+](=O)[O-])c2)C=C(C(=O)Nc2nccs2)C=CC1. The number of hydrogen-bond acceptors (Lipinski definition) is 7. The first-order chi connectivity index (χ1) is 12.5. The molecule has 1 heterocycles. The normalized spacial score (nSPS) is 19.0. The van der Waals surface area contributed by atoms with Crippen molar-refractivity contribution in [2.75, 3.05) is 5.32 Å². The van der Waals surface area contributed by atoms with Crippen LogP contribution in [0.1, 0.15) is 12.0 Å². The van der Waals surface area contributed by atoms with Gasteiger partial charge in [0, 0.05) is 35.7 Å². The molecular formula is C17H16N4O4S. The number of carbonyl (C=O) groups excluding carboxylic acids is 1. The highest BCUT2D eigenvalue weighted by atomic mass is 32.1. The number of hydrogen-bond donors (Lipinski definition) is 2. The molecule has 0 aliphatic heterocycles. The highest BCUT2D eigenvalue weighted by molar-refractivity contribution is 7.13. The van der Waals surface area contributed by atoms with E-state index in [-0.39, 0.29) is 18.2 Å². The zero-order chi connectivity index (χ0) is 18.6. The number of nitrogens with one attached hydrogen (secondary N) is 1. The summed E-state index contributed by atoms with van der Waals surface area (Å²) >= 11 is 1.31. The lowest BCUT2D eigenvalue weighted by atomic mass is 9.99. The molecule has 8 nitrogen and oxygen atoms in total. The Kier molecular flexibility index (Phi) is 5.21. The predicted octanol–water partition coefficient (Wildman–Crippen LogP) is 2.75. The largest absolute Gasteiger partial charge is 0.352 e. The van der Waals surface area contributed by atoms with Crippen LogP contribution >= 0.6 is 11.3 Å². The Hall–Kier alpha value is -2.88. The summed E-state index contributed by atoms with van der Waals surface area (Å²) in [6, 6.07) is 6.15. The van der Waals surface area contributed by atoms with E-state index in [1.807, 2.05) is 0 Å². The highest BCUT2D eigenvalue weighted by Gasteiger charge is 2.27. The van der Waals surface area contributed by atoms with Crippen molar-refractivity contribution in [1.29, 1.82) is 0 Å². The molecular weight excluding hydrogens is 356 g/mol. The van der Waals surface area contributed by atoms with Crippen LogP contribution in [0.2, 0.25) is 0 Å². The third-order valence-electron chi connectivity index (χ3n) is 3.68. The lowest BCUT2D eigenvalue weighted by molar-refractivity contribution is -0.385. The van der Waals surface area contributed by atoms with E-state index in [0.29, 0.717) is 22.7 Å². The summed E-state index contributed by atoms with van der Waals surface area (Å²) in [5.74, 6) is -0.329.